The van der Waals surface area contributed by atoms with Crippen molar-refractivity contribution in [3.63, 3.8) is 0 Å². The van der Waals surface area contributed by atoms with E-state index in [4.69, 9.17) is 0 Å². The van der Waals surface area contributed by atoms with Gasteiger partial charge in [-0.25, -0.2) is 0 Å². The van der Waals surface area contributed by atoms with E-state index in [1.165, 1.54) is 24.3 Å². The Morgan fingerprint density at radius 3 is 1.27 bits per heavy atom. The Morgan fingerprint density at radius 1 is 0.600 bits per heavy atom. The van der Waals surface area contributed by atoms with Crippen LogP contribution in [0.2, 0.25) is 0 Å². The van der Waals surface area contributed by atoms with Gasteiger partial charge in [0.1, 0.15) is 11.8 Å². The fourth-order valence-corrected chi connectivity index (χ4v) is 3.28. The Balaban J connectivity index is 1.58. The minimum atomic E-state index is -1.77. The molecule has 0 bridgehead atoms. The molecule has 2 aromatic rings. The van der Waals surface area contributed by atoms with Crippen molar-refractivity contribution in [3.8, 4) is 0 Å². The maximum atomic E-state index is 12.7. The number of hydrazine groups is 2. The van der Waals surface area contributed by atoms with Gasteiger partial charge in [0.05, 0.1) is 0 Å². The lowest BCUT2D eigenvalue weighted by molar-refractivity contribution is -0.143. The van der Waals surface area contributed by atoms with E-state index < -0.39 is 47.3 Å². The molecule has 2 aliphatic heterocycles. The number of benzene rings is 2. The average Bonchev–Trinajstić information content (AvgIpc) is 3.22. The third-order valence-corrected chi connectivity index (χ3v) is 4.76. The lowest BCUT2D eigenvalue weighted by Crippen LogP contribution is -2.42. The number of imide groups is 2. The second-order valence-corrected chi connectivity index (χ2v) is 6.60. The summed E-state index contributed by atoms with van der Waals surface area (Å²) in [6, 6.07) is 15.4. The molecule has 0 spiro atoms. The standard InChI is InChI=1S/C20H14N4O6/c25-15-13(19(29)23(21-15)17(27)11-7-3-1-4-8-11)14-16(26)22-24(20(14)30)18(28)12-9-5-2-6-10-12/h1-10,13-14H,(H,21,25)(H,22,26). The first-order valence-electron chi connectivity index (χ1n) is 8.88. The summed E-state index contributed by atoms with van der Waals surface area (Å²) < 4.78 is 0. The zero-order valence-corrected chi connectivity index (χ0v) is 15.3. The molecule has 2 aromatic carbocycles. The van der Waals surface area contributed by atoms with Crippen molar-refractivity contribution in [2.45, 2.75) is 0 Å². The molecule has 0 saturated carbocycles. The quantitative estimate of drug-likeness (QED) is 0.529. The van der Waals surface area contributed by atoms with Gasteiger partial charge in [-0.05, 0) is 24.3 Å². The molecule has 0 aromatic heterocycles. The van der Waals surface area contributed by atoms with E-state index in [0.717, 1.165) is 0 Å². The highest BCUT2D eigenvalue weighted by Gasteiger charge is 2.57. The summed E-state index contributed by atoms with van der Waals surface area (Å²) in [6.45, 7) is 0. The molecule has 10 heteroatoms. The van der Waals surface area contributed by atoms with Gasteiger partial charge in [0.2, 0.25) is 0 Å². The predicted octanol–water partition coefficient (Wildman–Crippen LogP) is -0.354. The smallest absolute Gasteiger partial charge is 0.272 e. The largest absolute Gasteiger partial charge is 0.279 e. The van der Waals surface area contributed by atoms with Gasteiger partial charge in [0, 0.05) is 11.1 Å². The van der Waals surface area contributed by atoms with Crippen molar-refractivity contribution in [1.29, 1.82) is 0 Å². The van der Waals surface area contributed by atoms with E-state index in [-0.39, 0.29) is 11.1 Å². The first-order valence-corrected chi connectivity index (χ1v) is 8.88. The van der Waals surface area contributed by atoms with Crippen LogP contribution < -0.4 is 10.9 Å². The monoisotopic (exact) mass is 406 g/mol. The number of carbonyl (C=O) groups is 6. The first kappa shape index (κ1) is 19.0. The minimum absolute atomic E-state index is 0.134. The highest BCUT2D eigenvalue weighted by molar-refractivity contribution is 6.24. The zero-order chi connectivity index (χ0) is 21.4. The molecule has 2 heterocycles. The van der Waals surface area contributed by atoms with Crippen LogP contribution in [-0.4, -0.2) is 45.5 Å². The Morgan fingerprint density at radius 2 is 0.933 bits per heavy atom. The number of rotatable bonds is 3. The fraction of sp³-hybridized carbons (Fsp3) is 0.100. The molecule has 0 radical (unpaired) electrons. The Labute approximate surface area is 169 Å². The molecule has 2 unspecified atom stereocenters. The van der Waals surface area contributed by atoms with Crippen molar-refractivity contribution >= 4 is 35.4 Å². The van der Waals surface area contributed by atoms with Crippen LogP contribution >= 0.6 is 0 Å². The van der Waals surface area contributed by atoms with E-state index >= 15 is 0 Å². The second kappa shape index (κ2) is 7.24. The molecular weight excluding hydrogens is 392 g/mol. The van der Waals surface area contributed by atoms with Gasteiger partial charge in [0.15, 0.2) is 0 Å². The first-order chi connectivity index (χ1) is 14.4. The van der Waals surface area contributed by atoms with Crippen LogP contribution in [0.15, 0.2) is 60.7 Å². The number of amides is 6. The number of carbonyl (C=O) groups excluding carboxylic acids is 6. The maximum Gasteiger partial charge on any atom is 0.279 e. The van der Waals surface area contributed by atoms with Crippen LogP contribution in [0, 0.1) is 11.8 Å². The van der Waals surface area contributed by atoms with Crippen LogP contribution in [0.3, 0.4) is 0 Å². The zero-order valence-electron chi connectivity index (χ0n) is 15.3. The van der Waals surface area contributed by atoms with Crippen molar-refractivity contribution in [1.82, 2.24) is 20.9 Å². The molecule has 2 atom stereocenters. The van der Waals surface area contributed by atoms with Gasteiger partial charge in [0.25, 0.3) is 35.4 Å². The van der Waals surface area contributed by atoms with E-state index in [0.29, 0.717) is 10.0 Å². The molecule has 30 heavy (non-hydrogen) atoms. The molecule has 150 valence electrons. The summed E-state index contributed by atoms with van der Waals surface area (Å²) >= 11 is 0. The topological polar surface area (TPSA) is 133 Å². The van der Waals surface area contributed by atoms with Crippen molar-refractivity contribution < 1.29 is 28.8 Å². The van der Waals surface area contributed by atoms with E-state index in [9.17, 15) is 28.8 Å². The fourth-order valence-electron chi connectivity index (χ4n) is 3.28. The maximum absolute atomic E-state index is 12.7. The molecule has 4 rings (SSSR count). The normalized spacial score (nSPS) is 20.9. The Kier molecular flexibility index (Phi) is 4.59. The molecule has 0 aliphatic carbocycles. The summed E-state index contributed by atoms with van der Waals surface area (Å²) in [4.78, 5) is 75.3. The van der Waals surface area contributed by atoms with Gasteiger partial charge in [-0.15, -0.1) is 0 Å². The summed E-state index contributed by atoms with van der Waals surface area (Å²) in [5, 5.41) is 0.954. The molecule has 2 fully saturated rings. The number of hydrogen-bond acceptors (Lipinski definition) is 6. The molecule has 2 aliphatic rings. The summed E-state index contributed by atoms with van der Waals surface area (Å²) in [7, 11) is 0. The summed E-state index contributed by atoms with van der Waals surface area (Å²) in [5.74, 6) is -9.19. The van der Waals surface area contributed by atoms with E-state index in [1.54, 1.807) is 36.4 Å². The number of nitrogens with one attached hydrogen (secondary N) is 2. The van der Waals surface area contributed by atoms with Crippen LogP contribution in [0.4, 0.5) is 0 Å². The lowest BCUT2D eigenvalue weighted by atomic mass is 9.91. The molecule has 2 saturated heterocycles. The van der Waals surface area contributed by atoms with Crippen LogP contribution in [0.25, 0.3) is 0 Å². The summed E-state index contributed by atoms with van der Waals surface area (Å²) in [6.07, 6.45) is 0. The molecule has 2 N–H and O–H groups in total. The predicted molar refractivity (Wildman–Crippen MR) is 98.5 cm³/mol. The third kappa shape index (κ3) is 3.00. The van der Waals surface area contributed by atoms with Crippen molar-refractivity contribution in [3.05, 3.63) is 71.8 Å². The van der Waals surface area contributed by atoms with Gasteiger partial charge in [-0.3, -0.25) is 39.6 Å². The Hall–Kier alpha value is -4.34. The molecule has 6 amide bonds. The summed E-state index contributed by atoms with van der Waals surface area (Å²) in [5.41, 5.74) is 4.48. The number of hydrogen-bond donors (Lipinski definition) is 2. The minimum Gasteiger partial charge on any atom is -0.272 e. The highest BCUT2D eigenvalue weighted by atomic mass is 16.2. The van der Waals surface area contributed by atoms with Crippen LogP contribution in [0.5, 0.6) is 0 Å². The number of nitrogens with zero attached hydrogens (tertiary/aromatic N) is 2. The van der Waals surface area contributed by atoms with Gasteiger partial charge in [-0.1, -0.05) is 36.4 Å². The van der Waals surface area contributed by atoms with E-state index in [2.05, 4.69) is 10.9 Å². The average molecular weight is 406 g/mol. The van der Waals surface area contributed by atoms with E-state index in [1.807, 2.05) is 0 Å². The van der Waals surface area contributed by atoms with Crippen LogP contribution in [0.1, 0.15) is 20.7 Å². The van der Waals surface area contributed by atoms with Crippen molar-refractivity contribution in [2.75, 3.05) is 0 Å². The third-order valence-electron chi connectivity index (χ3n) is 4.76. The second-order valence-electron chi connectivity index (χ2n) is 6.60. The molecular formula is C20H14N4O6. The van der Waals surface area contributed by atoms with Crippen LogP contribution in [-0.2, 0) is 19.2 Å². The van der Waals surface area contributed by atoms with Crippen molar-refractivity contribution in [2.24, 2.45) is 11.8 Å². The molecule has 10 nitrogen and oxygen atoms in total. The SMILES string of the molecule is O=C1NN(C(=O)c2ccccc2)C(=O)C1C1C(=O)NN(C(=O)c2ccccc2)C1=O. The van der Waals surface area contributed by atoms with Gasteiger partial charge < -0.3 is 0 Å². The Bertz CT molecular complexity index is 997. The van der Waals surface area contributed by atoms with Gasteiger partial charge >= 0.3 is 0 Å². The highest BCUT2D eigenvalue weighted by Crippen LogP contribution is 2.27. The van der Waals surface area contributed by atoms with Gasteiger partial charge in [-0.2, -0.15) is 10.0 Å². The lowest BCUT2D eigenvalue weighted by Gasteiger charge is -2.15.